The van der Waals surface area contributed by atoms with Crippen LogP contribution >= 0.6 is 0 Å². The maximum Gasteiger partial charge on any atom is 0.145 e. The molecule has 0 amide bonds. The molecule has 1 saturated heterocycles. The van der Waals surface area contributed by atoms with Gasteiger partial charge in [0.1, 0.15) is 5.72 Å². The third-order valence-electron chi connectivity index (χ3n) is 5.37. The second-order valence-corrected chi connectivity index (χ2v) is 7.36. The van der Waals surface area contributed by atoms with Gasteiger partial charge in [0.15, 0.2) is 0 Å². The monoisotopic (exact) mass is 422 g/mol. The summed E-state index contributed by atoms with van der Waals surface area (Å²) in [4.78, 5) is 6.13. The van der Waals surface area contributed by atoms with Gasteiger partial charge in [0.2, 0.25) is 0 Å². The van der Waals surface area contributed by atoms with E-state index in [1.165, 1.54) is 23.1 Å². The Morgan fingerprint density at radius 3 is 2.32 bits per heavy atom. The van der Waals surface area contributed by atoms with E-state index in [1.807, 2.05) is 52.1 Å². The van der Waals surface area contributed by atoms with Crippen molar-refractivity contribution in [3.05, 3.63) is 89.3 Å². The van der Waals surface area contributed by atoms with Crippen molar-refractivity contribution in [1.29, 1.82) is 0 Å². The zero-order valence-electron chi connectivity index (χ0n) is 20.4. The highest BCUT2D eigenvalue weighted by Gasteiger charge is 2.46. The minimum Gasteiger partial charge on any atom is -0.371 e. The quantitative estimate of drug-likeness (QED) is 0.536. The minimum absolute atomic E-state index is 0.628. The van der Waals surface area contributed by atoms with Crippen LogP contribution in [-0.2, 0) is 18.7 Å². The summed E-state index contributed by atoms with van der Waals surface area (Å²) in [6, 6.07) is 12.3. The van der Waals surface area contributed by atoms with Gasteiger partial charge >= 0.3 is 0 Å². The van der Waals surface area contributed by atoms with Crippen LogP contribution < -0.4 is 0 Å². The van der Waals surface area contributed by atoms with Gasteiger partial charge in [-0.1, -0.05) is 88.8 Å². The van der Waals surface area contributed by atoms with Gasteiger partial charge in [-0.25, -0.2) is 0 Å². The number of nitrogens with zero attached hydrogens (tertiary/aromatic N) is 2. The highest BCUT2D eigenvalue weighted by atomic mass is 16.3. The van der Waals surface area contributed by atoms with Crippen LogP contribution in [0.4, 0.5) is 0 Å². The Morgan fingerprint density at radius 2 is 1.81 bits per heavy atom. The van der Waals surface area contributed by atoms with Gasteiger partial charge in [-0.2, -0.15) is 0 Å². The van der Waals surface area contributed by atoms with Crippen LogP contribution in [0.5, 0.6) is 0 Å². The molecule has 2 aliphatic heterocycles. The Labute approximate surface area is 190 Å². The van der Waals surface area contributed by atoms with Crippen molar-refractivity contribution in [3.8, 4) is 0 Å². The Kier molecular flexibility index (Phi) is 12.7. The van der Waals surface area contributed by atoms with Gasteiger partial charge in [-0.05, 0) is 49.8 Å². The molecule has 1 aromatic heterocycles. The van der Waals surface area contributed by atoms with Crippen molar-refractivity contribution in [2.45, 2.75) is 79.5 Å². The number of hydrogen-bond donors (Lipinski definition) is 1. The molecule has 1 aliphatic carbocycles. The minimum atomic E-state index is -0.628. The summed E-state index contributed by atoms with van der Waals surface area (Å²) < 4.78 is 0. The van der Waals surface area contributed by atoms with E-state index in [2.05, 4.69) is 60.2 Å². The van der Waals surface area contributed by atoms with Crippen molar-refractivity contribution in [1.82, 2.24) is 9.88 Å². The molecular weight excluding hydrogens is 380 g/mol. The van der Waals surface area contributed by atoms with E-state index in [1.54, 1.807) is 6.20 Å². The van der Waals surface area contributed by atoms with Crippen molar-refractivity contribution in [3.63, 3.8) is 0 Å². The van der Waals surface area contributed by atoms with Crippen LogP contribution in [0, 0.1) is 0 Å². The molecule has 3 heteroatoms. The van der Waals surface area contributed by atoms with E-state index in [4.69, 9.17) is 0 Å². The number of aryl methyl sites for hydroxylation is 1. The molecule has 1 unspecified atom stereocenters. The summed E-state index contributed by atoms with van der Waals surface area (Å²) in [6.45, 7) is 14.2. The van der Waals surface area contributed by atoms with Crippen LogP contribution in [0.2, 0.25) is 0 Å². The highest BCUT2D eigenvalue weighted by Crippen LogP contribution is 2.44. The lowest BCUT2D eigenvalue weighted by molar-refractivity contribution is -0.0759. The highest BCUT2D eigenvalue weighted by molar-refractivity contribution is 5.37. The van der Waals surface area contributed by atoms with Crippen molar-refractivity contribution < 1.29 is 5.11 Å². The zero-order chi connectivity index (χ0) is 23.1. The molecule has 0 saturated carbocycles. The second-order valence-electron chi connectivity index (χ2n) is 7.36. The maximum atomic E-state index is 10.4. The number of aliphatic hydroxyl groups is 1. The first-order chi connectivity index (χ1) is 15.1. The molecule has 0 bridgehead atoms. The van der Waals surface area contributed by atoms with Crippen LogP contribution in [-0.4, -0.2) is 21.5 Å². The molecule has 2 aromatic rings. The number of benzene rings is 1. The number of hydrogen-bond acceptors (Lipinski definition) is 3. The molecule has 1 aromatic carbocycles. The summed E-state index contributed by atoms with van der Waals surface area (Å²) in [7, 11) is 0. The summed E-state index contributed by atoms with van der Waals surface area (Å²) in [5, 5.41) is 10.4. The standard InChI is InChI=1S/C11H13NO.C7H9N.C6H8.2C2H6/c13-11-6-3-7-12(11)8-9-4-1-2-5-10(9)11;1-2-7-4-3-5-8-6-7;1-6-4-2-3-5-6;2*1-2/h1-2,4-5,13H,3,6-8H2;3-6H,2H2,1H3;2-4H,5H2,1H3;2*1-2H3. The van der Waals surface area contributed by atoms with Crippen LogP contribution in [0.1, 0.15) is 77.5 Å². The first-order valence-electron chi connectivity index (χ1n) is 11.9. The van der Waals surface area contributed by atoms with Gasteiger partial charge in [-0.3, -0.25) is 9.88 Å². The van der Waals surface area contributed by atoms with E-state index < -0.39 is 5.72 Å². The summed E-state index contributed by atoms with van der Waals surface area (Å²) in [6.07, 6.45) is 14.3. The largest absolute Gasteiger partial charge is 0.371 e. The molecule has 1 N–H and O–H groups in total. The Hall–Kier alpha value is -2.23. The molecule has 3 aliphatic rings. The lowest BCUT2D eigenvalue weighted by Crippen LogP contribution is -2.34. The average Bonchev–Trinajstić information content (AvgIpc) is 3.53. The number of allylic oxidation sites excluding steroid dienone is 4. The molecule has 1 fully saturated rings. The van der Waals surface area contributed by atoms with Gasteiger partial charge < -0.3 is 5.11 Å². The molecule has 3 heterocycles. The van der Waals surface area contributed by atoms with E-state index >= 15 is 0 Å². The lowest BCUT2D eigenvalue weighted by Gasteiger charge is -2.26. The van der Waals surface area contributed by atoms with Crippen LogP contribution in [0.3, 0.4) is 0 Å². The fraction of sp³-hybridized carbons (Fsp3) is 0.464. The molecule has 31 heavy (non-hydrogen) atoms. The van der Waals surface area contributed by atoms with Crippen molar-refractivity contribution in [2.75, 3.05) is 6.54 Å². The third kappa shape index (κ3) is 7.75. The van der Waals surface area contributed by atoms with Crippen LogP contribution in [0.25, 0.3) is 0 Å². The molecule has 0 radical (unpaired) electrons. The second kappa shape index (κ2) is 14.7. The summed E-state index contributed by atoms with van der Waals surface area (Å²) >= 11 is 0. The maximum absolute atomic E-state index is 10.4. The topological polar surface area (TPSA) is 36.4 Å². The van der Waals surface area contributed by atoms with Gasteiger partial charge in [0.05, 0.1) is 0 Å². The Morgan fingerprint density at radius 1 is 1.06 bits per heavy atom. The molecule has 170 valence electrons. The molecule has 1 atom stereocenters. The smallest absolute Gasteiger partial charge is 0.145 e. The Balaban J connectivity index is 0.000000231. The van der Waals surface area contributed by atoms with Gasteiger partial charge in [0, 0.05) is 31.0 Å². The number of pyridine rings is 1. The first kappa shape index (κ1) is 26.8. The average molecular weight is 423 g/mol. The normalized spacial score (nSPS) is 19.6. The SMILES string of the molecule is CC.CC.CC1=CC=CC1.CCc1cccnc1.OC12CCCN1Cc1ccccc12. The summed E-state index contributed by atoms with van der Waals surface area (Å²) in [5.74, 6) is 0. The predicted octanol–water partition coefficient (Wildman–Crippen LogP) is 7.03. The molecule has 0 spiro atoms. The fourth-order valence-corrected chi connectivity index (χ4v) is 3.79. The number of aromatic nitrogens is 1. The molecular formula is C28H42N2O. The predicted molar refractivity (Wildman–Crippen MR) is 134 cm³/mol. The van der Waals surface area contributed by atoms with Gasteiger partial charge in [0.25, 0.3) is 0 Å². The molecule has 5 rings (SSSR count). The lowest BCUT2D eigenvalue weighted by atomic mass is 9.99. The van der Waals surface area contributed by atoms with E-state index in [9.17, 15) is 5.11 Å². The third-order valence-corrected chi connectivity index (χ3v) is 5.37. The fourth-order valence-electron chi connectivity index (χ4n) is 3.79. The van der Waals surface area contributed by atoms with Gasteiger partial charge in [-0.15, -0.1) is 0 Å². The van der Waals surface area contributed by atoms with E-state index in [0.29, 0.717) is 0 Å². The van der Waals surface area contributed by atoms with Crippen LogP contribution in [0.15, 0.2) is 72.6 Å². The van der Waals surface area contributed by atoms with E-state index in [-0.39, 0.29) is 0 Å². The number of fused-ring (bicyclic) bond motifs is 3. The number of rotatable bonds is 1. The first-order valence-corrected chi connectivity index (χ1v) is 11.9. The molecule has 3 nitrogen and oxygen atoms in total. The Bertz CT molecular complexity index is 798. The van der Waals surface area contributed by atoms with Crippen molar-refractivity contribution in [2.24, 2.45) is 0 Å². The van der Waals surface area contributed by atoms with Crippen molar-refractivity contribution >= 4 is 0 Å². The summed E-state index contributed by atoms with van der Waals surface area (Å²) in [5.41, 5.74) is 4.57. The zero-order valence-corrected chi connectivity index (χ0v) is 20.4. The van der Waals surface area contributed by atoms with E-state index in [0.717, 1.165) is 37.9 Å².